The van der Waals surface area contributed by atoms with Crippen molar-refractivity contribution in [2.75, 3.05) is 0 Å². The minimum Gasteiger partial charge on any atom is -0.479 e. The molecule has 3 aromatic carbocycles. The highest BCUT2D eigenvalue weighted by molar-refractivity contribution is 5.73. The van der Waals surface area contributed by atoms with Gasteiger partial charge in [0.05, 0.1) is 0 Å². The largest absolute Gasteiger partial charge is 0.479 e. The number of carbonyl (C=O) groups is 2. The number of benzene rings is 3. The molecular formula is C29H33NO6. The molecule has 2 heterocycles. The molecule has 5 rings (SSSR count). The summed E-state index contributed by atoms with van der Waals surface area (Å²) in [5.74, 6) is -0.341. The van der Waals surface area contributed by atoms with Crippen molar-refractivity contribution in [1.82, 2.24) is 0 Å². The van der Waals surface area contributed by atoms with E-state index in [-0.39, 0.29) is 6.04 Å². The normalized spacial score (nSPS) is 18.2. The Balaban J connectivity index is 0.000000152. The van der Waals surface area contributed by atoms with Crippen molar-refractivity contribution in [3.63, 3.8) is 0 Å². The first-order valence-corrected chi connectivity index (χ1v) is 12.1. The van der Waals surface area contributed by atoms with Gasteiger partial charge in [0.2, 0.25) is 0 Å². The van der Waals surface area contributed by atoms with E-state index in [9.17, 15) is 9.59 Å². The van der Waals surface area contributed by atoms with Crippen LogP contribution in [0.15, 0.2) is 78.9 Å². The lowest BCUT2D eigenvalue weighted by molar-refractivity contribution is -0.146. The number of hydrogen-bond donors (Lipinski definition) is 3. The molecule has 190 valence electrons. The smallest absolute Gasteiger partial charge is 0.344 e. The van der Waals surface area contributed by atoms with Crippen molar-refractivity contribution < 1.29 is 29.3 Å². The van der Waals surface area contributed by atoms with Crippen LogP contribution in [0, 0.1) is 0 Å². The molecule has 0 saturated heterocycles. The molecule has 1 unspecified atom stereocenters. The van der Waals surface area contributed by atoms with E-state index in [0.29, 0.717) is 24.3 Å². The van der Waals surface area contributed by atoms with Gasteiger partial charge in [-0.3, -0.25) is 0 Å². The van der Waals surface area contributed by atoms with E-state index in [4.69, 9.17) is 25.4 Å². The van der Waals surface area contributed by atoms with Crippen LogP contribution in [0.4, 0.5) is 0 Å². The Morgan fingerprint density at radius 1 is 0.778 bits per heavy atom. The second-order valence-electron chi connectivity index (χ2n) is 8.61. The number of carboxylic acids is 2. The molecule has 4 N–H and O–H groups in total. The first kappa shape index (κ1) is 26.8. The Hall–Kier alpha value is -3.84. The van der Waals surface area contributed by atoms with E-state index in [1.54, 1.807) is 0 Å². The van der Waals surface area contributed by atoms with Gasteiger partial charge in [0.25, 0.3) is 0 Å². The Morgan fingerprint density at radius 2 is 1.19 bits per heavy atom. The Labute approximate surface area is 211 Å². The summed E-state index contributed by atoms with van der Waals surface area (Å²) in [5.41, 5.74) is 9.22. The summed E-state index contributed by atoms with van der Waals surface area (Å²) < 4.78 is 10.6. The fourth-order valence-corrected chi connectivity index (χ4v) is 3.93. The van der Waals surface area contributed by atoms with Gasteiger partial charge in [-0.2, -0.15) is 0 Å². The van der Waals surface area contributed by atoms with Crippen LogP contribution in [-0.4, -0.2) is 34.4 Å². The Morgan fingerprint density at radius 3 is 1.61 bits per heavy atom. The number of carboxylic acid groups (broad SMARTS) is 2. The van der Waals surface area contributed by atoms with Crippen LogP contribution in [0.3, 0.4) is 0 Å². The van der Waals surface area contributed by atoms with Gasteiger partial charge in [-0.1, -0.05) is 73.7 Å². The predicted octanol–water partition coefficient (Wildman–Crippen LogP) is 5.03. The molecule has 0 fully saturated rings. The maximum Gasteiger partial charge on any atom is 0.344 e. The van der Waals surface area contributed by atoms with Gasteiger partial charge in [0.1, 0.15) is 11.5 Å². The zero-order chi connectivity index (χ0) is 25.9. The summed E-state index contributed by atoms with van der Waals surface area (Å²) in [4.78, 5) is 21.3. The number of aryl methyl sites for hydroxylation is 2. The van der Waals surface area contributed by atoms with Gasteiger partial charge in [-0.15, -0.1) is 0 Å². The van der Waals surface area contributed by atoms with E-state index in [1.807, 2.05) is 66.7 Å². The molecule has 0 spiro atoms. The summed E-state index contributed by atoms with van der Waals surface area (Å²) in [7, 11) is 0. The van der Waals surface area contributed by atoms with Crippen LogP contribution in [0.2, 0.25) is 0 Å². The maximum absolute atomic E-state index is 10.6. The molecule has 7 nitrogen and oxygen atoms in total. The Bertz CT molecular complexity index is 1070. The van der Waals surface area contributed by atoms with Crippen LogP contribution < -0.4 is 15.2 Å². The monoisotopic (exact) mass is 491 g/mol. The molecule has 0 aliphatic carbocycles. The minimum atomic E-state index is -0.880. The standard InChI is InChI=1S/2C10H10O3.C9H13N/c2*11-10(12)9-6-5-7-3-1-2-4-8(7)13-9;1-2-9(10)8-6-4-3-5-7-8/h2*1-4,9H,5-6H2,(H,11,12);3-7,9H,2,10H2,1H3/t9-;;9-/m1.1/s1. The van der Waals surface area contributed by atoms with Crippen LogP contribution in [0.5, 0.6) is 11.5 Å². The molecule has 0 saturated carbocycles. The molecule has 0 amide bonds. The molecule has 0 bridgehead atoms. The van der Waals surface area contributed by atoms with Crippen LogP contribution in [0.1, 0.15) is 48.9 Å². The van der Waals surface area contributed by atoms with E-state index in [2.05, 4.69) is 19.1 Å². The number of fused-ring (bicyclic) bond motifs is 2. The zero-order valence-electron chi connectivity index (χ0n) is 20.4. The minimum absolute atomic E-state index is 0.209. The van der Waals surface area contributed by atoms with Gasteiger partial charge < -0.3 is 25.4 Å². The van der Waals surface area contributed by atoms with E-state index in [1.165, 1.54) is 5.56 Å². The second-order valence-corrected chi connectivity index (χ2v) is 8.61. The summed E-state index contributed by atoms with van der Waals surface area (Å²) >= 11 is 0. The van der Waals surface area contributed by atoms with Gasteiger partial charge in [0, 0.05) is 6.04 Å². The fraction of sp³-hybridized carbons (Fsp3) is 0.310. The number of nitrogens with two attached hydrogens (primary N) is 1. The van der Waals surface area contributed by atoms with Crippen molar-refractivity contribution in [2.45, 2.75) is 57.3 Å². The van der Waals surface area contributed by atoms with E-state index < -0.39 is 24.1 Å². The third kappa shape index (κ3) is 7.58. The van der Waals surface area contributed by atoms with Crippen molar-refractivity contribution >= 4 is 11.9 Å². The topological polar surface area (TPSA) is 119 Å². The van der Waals surface area contributed by atoms with Gasteiger partial charge >= 0.3 is 11.9 Å². The highest BCUT2D eigenvalue weighted by atomic mass is 16.5. The van der Waals surface area contributed by atoms with Gasteiger partial charge in [-0.05, 0) is 60.9 Å². The maximum atomic E-state index is 10.6. The molecule has 2 aliphatic heterocycles. The van der Waals surface area contributed by atoms with Crippen molar-refractivity contribution in [2.24, 2.45) is 5.73 Å². The molecule has 3 aromatic rings. The quantitative estimate of drug-likeness (QED) is 0.468. The van der Waals surface area contributed by atoms with Crippen molar-refractivity contribution in [1.29, 1.82) is 0 Å². The average molecular weight is 492 g/mol. The Kier molecular flexibility index (Phi) is 9.89. The first-order valence-electron chi connectivity index (χ1n) is 12.1. The average Bonchev–Trinajstić information content (AvgIpc) is 2.93. The lowest BCUT2D eigenvalue weighted by Gasteiger charge is -2.22. The summed E-state index contributed by atoms with van der Waals surface area (Å²) in [6.07, 6.45) is 2.35. The van der Waals surface area contributed by atoms with E-state index in [0.717, 1.165) is 30.4 Å². The lowest BCUT2D eigenvalue weighted by atomic mass is 10.0. The van der Waals surface area contributed by atoms with E-state index >= 15 is 0 Å². The summed E-state index contributed by atoms with van der Waals surface area (Å²) in [6.45, 7) is 2.09. The fourth-order valence-electron chi connectivity index (χ4n) is 3.93. The third-order valence-corrected chi connectivity index (χ3v) is 6.05. The lowest BCUT2D eigenvalue weighted by Crippen LogP contribution is -2.30. The highest BCUT2D eigenvalue weighted by Crippen LogP contribution is 2.27. The SMILES string of the molecule is CC[C@@H](N)c1ccccc1.O=C(O)C1CCc2ccccc2O1.O=C(O)[C@H]1CCc2ccccc2O1. The molecule has 3 atom stereocenters. The van der Waals surface area contributed by atoms with Crippen molar-refractivity contribution in [3.8, 4) is 11.5 Å². The molecule has 7 heteroatoms. The summed E-state index contributed by atoms with van der Waals surface area (Å²) in [5, 5.41) is 17.5. The molecule has 0 aromatic heterocycles. The van der Waals surface area contributed by atoms with Crippen molar-refractivity contribution in [3.05, 3.63) is 95.6 Å². The first-order chi connectivity index (χ1) is 17.4. The molecule has 2 aliphatic rings. The second kappa shape index (κ2) is 13.3. The van der Waals surface area contributed by atoms with Gasteiger partial charge in [0.15, 0.2) is 12.2 Å². The number of aliphatic carboxylic acids is 2. The number of para-hydroxylation sites is 2. The molecular weight excluding hydrogens is 458 g/mol. The predicted molar refractivity (Wildman–Crippen MR) is 137 cm³/mol. The van der Waals surface area contributed by atoms with Gasteiger partial charge in [-0.25, -0.2) is 9.59 Å². The molecule has 36 heavy (non-hydrogen) atoms. The number of ether oxygens (including phenoxy) is 2. The third-order valence-electron chi connectivity index (χ3n) is 6.05. The molecule has 0 radical (unpaired) electrons. The van der Waals surface area contributed by atoms with Crippen LogP contribution >= 0.6 is 0 Å². The van der Waals surface area contributed by atoms with Crippen LogP contribution in [-0.2, 0) is 22.4 Å². The number of hydrogen-bond acceptors (Lipinski definition) is 5. The van der Waals surface area contributed by atoms with Crippen LogP contribution in [0.25, 0.3) is 0 Å². The zero-order valence-corrected chi connectivity index (χ0v) is 20.4. The number of rotatable bonds is 4. The highest BCUT2D eigenvalue weighted by Gasteiger charge is 2.25. The summed E-state index contributed by atoms with van der Waals surface area (Å²) in [6, 6.07) is 25.5.